The summed E-state index contributed by atoms with van der Waals surface area (Å²) in [5, 5.41) is 7.99. The molecule has 9 heteroatoms. The van der Waals surface area contributed by atoms with Gasteiger partial charge in [0.05, 0.1) is 18.2 Å². The molecule has 1 aromatic carbocycles. The highest BCUT2D eigenvalue weighted by Gasteiger charge is 2.42. The van der Waals surface area contributed by atoms with Gasteiger partial charge in [-0.25, -0.2) is 4.98 Å². The number of hydrogen-bond donors (Lipinski definition) is 1. The zero-order valence-electron chi connectivity index (χ0n) is 17.4. The van der Waals surface area contributed by atoms with Crippen LogP contribution in [0.2, 0.25) is 0 Å². The van der Waals surface area contributed by atoms with Gasteiger partial charge in [-0.05, 0) is 43.2 Å². The Morgan fingerprint density at radius 1 is 1.26 bits per heavy atom. The molecule has 0 aliphatic carbocycles. The Balaban J connectivity index is 1.49. The lowest BCUT2D eigenvalue weighted by Crippen LogP contribution is -2.40. The van der Waals surface area contributed by atoms with Crippen LogP contribution < -0.4 is 9.64 Å². The van der Waals surface area contributed by atoms with Gasteiger partial charge in [-0.3, -0.25) is 19.3 Å². The van der Waals surface area contributed by atoms with Gasteiger partial charge in [0, 0.05) is 19.3 Å². The number of carboxylic acid groups (broad SMARTS) is 1. The zero-order chi connectivity index (χ0) is 22.4. The average molecular weight is 444 g/mol. The molecular weight excluding hydrogens is 418 g/mol. The largest absolute Gasteiger partial charge is 0.492 e. The number of carbonyl (C=O) groups is 3. The fraction of sp³-hybridized carbons (Fsp3) is 0.364. The number of aromatic nitrogens is 1. The summed E-state index contributed by atoms with van der Waals surface area (Å²) in [7, 11) is 1.95. The molecule has 1 aliphatic rings. The van der Waals surface area contributed by atoms with Gasteiger partial charge in [0.1, 0.15) is 18.2 Å². The molecule has 3 rings (SSSR count). The van der Waals surface area contributed by atoms with Crippen LogP contribution in [0.4, 0.5) is 10.6 Å². The van der Waals surface area contributed by atoms with Crippen molar-refractivity contribution in [1.29, 1.82) is 0 Å². The number of imide groups is 1. The molecule has 0 bridgehead atoms. The van der Waals surface area contributed by atoms with Crippen molar-refractivity contribution in [2.45, 2.75) is 31.1 Å². The van der Waals surface area contributed by atoms with Crippen molar-refractivity contribution in [2.24, 2.45) is 0 Å². The van der Waals surface area contributed by atoms with E-state index in [0.29, 0.717) is 19.6 Å². The minimum absolute atomic E-state index is 0.258. The van der Waals surface area contributed by atoms with Crippen LogP contribution in [0.1, 0.15) is 18.9 Å². The highest BCUT2D eigenvalue weighted by atomic mass is 32.2. The number of nitrogens with zero attached hydrogens (tertiary/aromatic N) is 3. The summed E-state index contributed by atoms with van der Waals surface area (Å²) in [5.74, 6) is 0.225. The Labute approximate surface area is 185 Å². The standard InChI is InChI=1S/C22H25N3O5S/c1-15(13-20(26)27)25-21(28)18(31-22(25)29)14-16-6-8-17(9-7-16)30-12-11-24(2)19-5-3-4-10-23-19/h3-10,15,18H,11-14H2,1-2H3,(H,26,27). The van der Waals surface area contributed by atoms with Gasteiger partial charge in [0.25, 0.3) is 5.24 Å². The fourth-order valence-electron chi connectivity index (χ4n) is 3.27. The molecule has 0 spiro atoms. The van der Waals surface area contributed by atoms with Crippen LogP contribution in [0.25, 0.3) is 0 Å². The van der Waals surface area contributed by atoms with Gasteiger partial charge in [-0.1, -0.05) is 30.0 Å². The molecule has 1 aliphatic heterocycles. The number of carbonyl (C=O) groups excluding carboxylic acids is 2. The first-order valence-electron chi connectivity index (χ1n) is 9.94. The van der Waals surface area contributed by atoms with Gasteiger partial charge in [-0.15, -0.1) is 0 Å². The molecule has 2 amide bonds. The molecule has 1 N–H and O–H groups in total. The normalized spacial score (nSPS) is 17.0. The Kier molecular flexibility index (Phi) is 7.51. The number of anilines is 1. The van der Waals surface area contributed by atoms with Crippen molar-refractivity contribution in [1.82, 2.24) is 9.88 Å². The smallest absolute Gasteiger partial charge is 0.305 e. The van der Waals surface area contributed by atoms with Gasteiger partial charge < -0.3 is 14.7 Å². The first-order chi connectivity index (χ1) is 14.8. The first-order valence-corrected chi connectivity index (χ1v) is 10.8. The number of benzene rings is 1. The van der Waals surface area contributed by atoms with Crippen molar-refractivity contribution < 1.29 is 24.2 Å². The number of rotatable bonds is 10. The second kappa shape index (κ2) is 10.3. The average Bonchev–Trinajstić information content (AvgIpc) is 3.02. The second-order valence-electron chi connectivity index (χ2n) is 7.33. The van der Waals surface area contributed by atoms with E-state index in [1.807, 2.05) is 54.4 Å². The van der Waals surface area contributed by atoms with Crippen LogP contribution in [-0.2, 0) is 16.0 Å². The molecule has 2 atom stereocenters. The Morgan fingerprint density at radius 3 is 2.65 bits per heavy atom. The molecule has 1 aromatic heterocycles. The highest BCUT2D eigenvalue weighted by molar-refractivity contribution is 8.15. The van der Waals surface area contributed by atoms with E-state index < -0.39 is 17.3 Å². The predicted molar refractivity (Wildman–Crippen MR) is 118 cm³/mol. The Hall–Kier alpha value is -3.07. The van der Waals surface area contributed by atoms with Crippen molar-refractivity contribution >= 4 is 34.7 Å². The van der Waals surface area contributed by atoms with E-state index in [4.69, 9.17) is 9.84 Å². The van der Waals surface area contributed by atoms with Crippen molar-refractivity contribution in [3.05, 3.63) is 54.2 Å². The van der Waals surface area contributed by atoms with Crippen LogP contribution in [0.15, 0.2) is 48.7 Å². The maximum absolute atomic E-state index is 12.6. The molecular formula is C22H25N3O5S. The molecule has 2 aromatic rings. The summed E-state index contributed by atoms with van der Waals surface area (Å²) in [6.07, 6.45) is 1.89. The quantitative estimate of drug-likeness (QED) is 0.598. The lowest BCUT2D eigenvalue weighted by molar-refractivity contribution is -0.138. The minimum atomic E-state index is -1.04. The Bertz CT molecular complexity index is 923. The number of likely N-dealkylation sites (N-methyl/N-ethyl adjacent to an activating group) is 1. The highest BCUT2D eigenvalue weighted by Crippen LogP contribution is 2.32. The van der Waals surface area contributed by atoms with E-state index in [2.05, 4.69) is 4.98 Å². The van der Waals surface area contributed by atoms with Gasteiger partial charge in [0.15, 0.2) is 0 Å². The Morgan fingerprint density at radius 2 is 2.00 bits per heavy atom. The number of aliphatic carboxylic acids is 1. The third kappa shape index (κ3) is 5.97. The molecule has 0 saturated carbocycles. The summed E-state index contributed by atoms with van der Waals surface area (Å²) < 4.78 is 5.79. The lowest BCUT2D eigenvalue weighted by Gasteiger charge is -2.20. The molecule has 2 heterocycles. The second-order valence-corrected chi connectivity index (χ2v) is 8.49. The van der Waals surface area contributed by atoms with E-state index in [0.717, 1.165) is 33.8 Å². The number of hydrogen-bond acceptors (Lipinski definition) is 7. The monoisotopic (exact) mass is 443 g/mol. The van der Waals surface area contributed by atoms with E-state index >= 15 is 0 Å². The van der Waals surface area contributed by atoms with Crippen LogP contribution in [0, 0.1) is 0 Å². The molecule has 2 unspecified atom stereocenters. The van der Waals surface area contributed by atoms with Crippen LogP contribution in [0.5, 0.6) is 5.75 Å². The topological polar surface area (TPSA) is 100 Å². The molecule has 31 heavy (non-hydrogen) atoms. The van der Waals surface area contributed by atoms with E-state index in [1.54, 1.807) is 13.1 Å². The first kappa shape index (κ1) is 22.6. The van der Waals surface area contributed by atoms with Crippen molar-refractivity contribution in [2.75, 3.05) is 25.1 Å². The van der Waals surface area contributed by atoms with Crippen LogP contribution in [-0.4, -0.2) is 63.6 Å². The van der Waals surface area contributed by atoms with Gasteiger partial charge >= 0.3 is 5.97 Å². The summed E-state index contributed by atoms with van der Waals surface area (Å²) in [5.41, 5.74) is 0.907. The molecule has 0 radical (unpaired) electrons. The van der Waals surface area contributed by atoms with Crippen LogP contribution in [0.3, 0.4) is 0 Å². The van der Waals surface area contributed by atoms with E-state index in [9.17, 15) is 14.4 Å². The number of thioether (sulfide) groups is 1. The van der Waals surface area contributed by atoms with E-state index in [-0.39, 0.29) is 17.6 Å². The number of pyridine rings is 1. The predicted octanol–water partition coefficient (Wildman–Crippen LogP) is 3.07. The summed E-state index contributed by atoms with van der Waals surface area (Å²) >= 11 is 0.953. The van der Waals surface area contributed by atoms with Gasteiger partial charge in [-0.2, -0.15) is 0 Å². The fourth-order valence-corrected chi connectivity index (χ4v) is 4.39. The SMILES string of the molecule is CC(CC(=O)O)N1C(=O)SC(Cc2ccc(OCCN(C)c3ccccn3)cc2)C1=O. The molecule has 1 fully saturated rings. The number of amides is 2. The molecule has 1 saturated heterocycles. The zero-order valence-corrected chi connectivity index (χ0v) is 18.2. The van der Waals surface area contributed by atoms with Crippen LogP contribution >= 0.6 is 11.8 Å². The molecule has 8 nitrogen and oxygen atoms in total. The van der Waals surface area contributed by atoms with Gasteiger partial charge in [0.2, 0.25) is 5.91 Å². The summed E-state index contributed by atoms with van der Waals surface area (Å²) in [6, 6.07) is 12.5. The summed E-state index contributed by atoms with van der Waals surface area (Å²) in [4.78, 5) is 43.0. The van der Waals surface area contributed by atoms with Crippen molar-refractivity contribution in [3.63, 3.8) is 0 Å². The number of carboxylic acids is 1. The maximum Gasteiger partial charge on any atom is 0.305 e. The number of ether oxygens (including phenoxy) is 1. The third-order valence-electron chi connectivity index (χ3n) is 4.94. The maximum atomic E-state index is 12.6. The van der Waals surface area contributed by atoms with E-state index in [1.165, 1.54) is 0 Å². The molecule has 164 valence electrons. The summed E-state index contributed by atoms with van der Waals surface area (Å²) in [6.45, 7) is 2.75. The third-order valence-corrected chi connectivity index (χ3v) is 5.99. The minimum Gasteiger partial charge on any atom is -0.492 e. The lowest BCUT2D eigenvalue weighted by atomic mass is 10.1. The van der Waals surface area contributed by atoms with Crippen molar-refractivity contribution in [3.8, 4) is 5.75 Å².